The highest BCUT2D eigenvalue weighted by Crippen LogP contribution is 2.23. The molecule has 0 radical (unpaired) electrons. The lowest BCUT2D eigenvalue weighted by atomic mass is 10.2. The zero-order valence-electron chi connectivity index (χ0n) is 15.6. The third-order valence-electron chi connectivity index (χ3n) is 4.28. The largest absolute Gasteiger partial charge is 0.352 e. The molecule has 0 saturated carbocycles. The normalized spacial score (nSPS) is 11.4. The van der Waals surface area contributed by atoms with Crippen LogP contribution in [0.5, 0.6) is 0 Å². The average Bonchev–Trinajstić information content (AvgIpc) is 3.00. The summed E-state index contributed by atoms with van der Waals surface area (Å²) in [5.41, 5.74) is 1.13. The van der Waals surface area contributed by atoms with Crippen molar-refractivity contribution in [2.75, 3.05) is 12.3 Å². The molecule has 0 saturated heterocycles. The summed E-state index contributed by atoms with van der Waals surface area (Å²) < 4.78 is 39.0. The number of amides is 1. The molecule has 3 aromatic rings. The molecule has 0 spiro atoms. The summed E-state index contributed by atoms with van der Waals surface area (Å²) in [5.74, 6) is -0.922. The van der Waals surface area contributed by atoms with E-state index in [1.807, 2.05) is 0 Å². The fourth-order valence-corrected chi connectivity index (χ4v) is 4.50. The van der Waals surface area contributed by atoms with E-state index < -0.39 is 21.6 Å². The Hall–Kier alpha value is -2.71. The Labute approximate surface area is 173 Å². The quantitative estimate of drug-likeness (QED) is 0.575. The van der Waals surface area contributed by atoms with Crippen LogP contribution in [0.25, 0.3) is 5.69 Å². The van der Waals surface area contributed by atoms with Crippen LogP contribution < -0.4 is 5.32 Å². The third kappa shape index (κ3) is 4.83. The van der Waals surface area contributed by atoms with Crippen molar-refractivity contribution in [3.8, 4) is 5.69 Å². The van der Waals surface area contributed by atoms with Gasteiger partial charge in [0, 0.05) is 6.54 Å². The van der Waals surface area contributed by atoms with E-state index in [0.29, 0.717) is 11.4 Å². The monoisotopic (exact) mass is 435 g/mol. The minimum absolute atomic E-state index is 0.0845. The Bertz CT molecular complexity index is 1110. The van der Waals surface area contributed by atoms with Crippen LogP contribution in [-0.2, 0) is 9.84 Å². The van der Waals surface area contributed by atoms with Crippen LogP contribution in [0.1, 0.15) is 22.5 Å². The van der Waals surface area contributed by atoms with Crippen molar-refractivity contribution in [1.82, 2.24) is 15.1 Å². The van der Waals surface area contributed by atoms with E-state index in [2.05, 4.69) is 10.4 Å². The summed E-state index contributed by atoms with van der Waals surface area (Å²) in [6, 6.07) is 13.7. The van der Waals surface area contributed by atoms with Gasteiger partial charge in [-0.25, -0.2) is 17.5 Å². The zero-order valence-corrected chi connectivity index (χ0v) is 17.2. The molecule has 0 unspecified atom stereocenters. The van der Waals surface area contributed by atoms with Crippen molar-refractivity contribution in [1.29, 1.82) is 0 Å². The van der Waals surface area contributed by atoms with E-state index in [9.17, 15) is 17.6 Å². The third-order valence-corrected chi connectivity index (χ3v) is 6.45. The molecule has 0 fully saturated rings. The predicted octanol–water partition coefficient (Wildman–Crippen LogP) is 3.57. The number of aromatic nitrogens is 2. The number of hydrogen-bond donors (Lipinski definition) is 1. The van der Waals surface area contributed by atoms with Crippen molar-refractivity contribution >= 4 is 27.3 Å². The van der Waals surface area contributed by atoms with Gasteiger partial charge in [0.2, 0.25) is 0 Å². The van der Waals surface area contributed by atoms with Gasteiger partial charge in [0.25, 0.3) is 5.91 Å². The second-order valence-corrected chi connectivity index (χ2v) is 8.85. The molecule has 6 nitrogen and oxygen atoms in total. The van der Waals surface area contributed by atoms with Crippen LogP contribution in [0.2, 0.25) is 5.15 Å². The highest BCUT2D eigenvalue weighted by molar-refractivity contribution is 7.91. The summed E-state index contributed by atoms with van der Waals surface area (Å²) >= 11 is 6.31. The van der Waals surface area contributed by atoms with Gasteiger partial charge < -0.3 is 5.32 Å². The van der Waals surface area contributed by atoms with Gasteiger partial charge in [0.1, 0.15) is 11.0 Å². The number of halogens is 2. The Morgan fingerprint density at radius 1 is 1.14 bits per heavy atom. The first-order valence-electron chi connectivity index (χ1n) is 8.86. The number of carbonyl (C=O) groups excluding carboxylic acids is 1. The van der Waals surface area contributed by atoms with E-state index in [1.165, 1.54) is 28.9 Å². The Balaban J connectivity index is 1.63. The minimum Gasteiger partial charge on any atom is -0.352 e. The van der Waals surface area contributed by atoms with Crippen LogP contribution in [-0.4, -0.2) is 36.4 Å². The van der Waals surface area contributed by atoms with E-state index in [4.69, 9.17) is 11.6 Å². The minimum atomic E-state index is -3.40. The number of rotatable bonds is 7. The number of aryl methyl sites for hydroxylation is 1. The van der Waals surface area contributed by atoms with E-state index in [1.54, 1.807) is 37.3 Å². The topological polar surface area (TPSA) is 81.1 Å². The number of sulfone groups is 1. The Morgan fingerprint density at radius 2 is 1.79 bits per heavy atom. The van der Waals surface area contributed by atoms with Crippen LogP contribution in [0.15, 0.2) is 59.5 Å². The van der Waals surface area contributed by atoms with Crippen LogP contribution >= 0.6 is 11.6 Å². The molecule has 29 heavy (non-hydrogen) atoms. The summed E-state index contributed by atoms with van der Waals surface area (Å²) in [6.45, 7) is 1.81. The molecule has 1 aromatic heterocycles. The second-order valence-electron chi connectivity index (χ2n) is 6.38. The molecule has 0 aliphatic rings. The van der Waals surface area contributed by atoms with Crippen molar-refractivity contribution in [3.63, 3.8) is 0 Å². The number of carbonyl (C=O) groups is 1. The first-order valence-corrected chi connectivity index (χ1v) is 10.9. The molecule has 0 atom stereocenters. The SMILES string of the molecule is Cc1nn(-c2ccc(F)cc2)c(Cl)c1C(=O)NCCCS(=O)(=O)c1ccccc1. The molecule has 152 valence electrons. The van der Waals surface area contributed by atoms with Crippen LogP contribution in [0.3, 0.4) is 0 Å². The molecular weight excluding hydrogens is 417 g/mol. The molecule has 0 aliphatic carbocycles. The molecule has 1 N–H and O–H groups in total. The highest BCUT2D eigenvalue weighted by Gasteiger charge is 2.21. The maximum absolute atomic E-state index is 13.1. The van der Waals surface area contributed by atoms with Gasteiger partial charge >= 0.3 is 0 Å². The number of benzene rings is 2. The van der Waals surface area contributed by atoms with Crippen molar-refractivity contribution < 1.29 is 17.6 Å². The standard InChI is InChI=1S/C20H19ClFN3O3S/c1-14-18(19(21)25(24-14)16-10-8-15(22)9-11-16)20(26)23-12-5-13-29(27,28)17-6-3-2-4-7-17/h2-4,6-11H,5,12-13H2,1H3,(H,23,26). The molecule has 0 aliphatic heterocycles. The van der Waals surface area contributed by atoms with Crippen molar-refractivity contribution in [2.45, 2.75) is 18.2 Å². The Kier molecular flexibility index (Phi) is 6.34. The number of nitrogens with zero attached hydrogens (tertiary/aromatic N) is 2. The lowest BCUT2D eigenvalue weighted by Gasteiger charge is -2.07. The van der Waals surface area contributed by atoms with E-state index >= 15 is 0 Å². The highest BCUT2D eigenvalue weighted by atomic mass is 35.5. The van der Waals surface area contributed by atoms with Crippen LogP contribution in [0.4, 0.5) is 4.39 Å². The van der Waals surface area contributed by atoms with Crippen molar-refractivity contribution in [2.24, 2.45) is 0 Å². The van der Waals surface area contributed by atoms with Crippen LogP contribution in [0, 0.1) is 12.7 Å². The lowest BCUT2D eigenvalue weighted by Crippen LogP contribution is -2.26. The summed E-state index contributed by atoms with van der Waals surface area (Å²) in [7, 11) is -3.40. The first-order chi connectivity index (χ1) is 13.8. The molecule has 2 aromatic carbocycles. The molecule has 1 heterocycles. The van der Waals surface area contributed by atoms with Gasteiger partial charge in [-0.05, 0) is 49.7 Å². The predicted molar refractivity (Wildman–Crippen MR) is 109 cm³/mol. The number of nitrogens with one attached hydrogen (secondary N) is 1. The van der Waals surface area contributed by atoms with Gasteiger partial charge in [-0.15, -0.1) is 0 Å². The summed E-state index contributed by atoms with van der Waals surface area (Å²) in [4.78, 5) is 12.8. The fraction of sp³-hybridized carbons (Fsp3) is 0.200. The van der Waals surface area contributed by atoms with Gasteiger partial charge in [0.05, 0.1) is 27.6 Å². The lowest BCUT2D eigenvalue weighted by molar-refractivity contribution is 0.0953. The number of hydrogen-bond acceptors (Lipinski definition) is 4. The van der Waals surface area contributed by atoms with Gasteiger partial charge in [-0.3, -0.25) is 4.79 Å². The average molecular weight is 436 g/mol. The Morgan fingerprint density at radius 3 is 2.45 bits per heavy atom. The van der Waals surface area contributed by atoms with Crippen molar-refractivity contribution in [3.05, 3.63) is 76.8 Å². The smallest absolute Gasteiger partial charge is 0.256 e. The zero-order chi connectivity index (χ0) is 21.0. The summed E-state index contributed by atoms with van der Waals surface area (Å²) in [6.07, 6.45) is 0.256. The molecular formula is C20H19ClFN3O3S. The maximum atomic E-state index is 13.1. The second kappa shape index (κ2) is 8.75. The molecule has 3 rings (SSSR count). The van der Waals surface area contributed by atoms with Gasteiger partial charge in [0.15, 0.2) is 9.84 Å². The maximum Gasteiger partial charge on any atom is 0.256 e. The van der Waals surface area contributed by atoms with Gasteiger partial charge in [-0.2, -0.15) is 5.10 Å². The van der Waals surface area contributed by atoms with Gasteiger partial charge in [-0.1, -0.05) is 29.8 Å². The first kappa shape index (κ1) is 21.0. The molecule has 9 heteroatoms. The molecule has 1 amide bonds. The summed E-state index contributed by atoms with van der Waals surface area (Å²) in [5, 5.41) is 7.02. The fourth-order valence-electron chi connectivity index (χ4n) is 2.81. The van der Waals surface area contributed by atoms with E-state index in [0.717, 1.165) is 0 Å². The molecule has 0 bridgehead atoms. The van der Waals surface area contributed by atoms with E-state index in [-0.39, 0.29) is 34.3 Å².